The Morgan fingerprint density at radius 3 is 2.57 bits per heavy atom. The zero-order valence-corrected chi connectivity index (χ0v) is 9.12. The highest BCUT2D eigenvalue weighted by Crippen LogP contribution is 2.08. The van der Waals surface area contributed by atoms with Crippen LogP contribution in [0.15, 0.2) is 0 Å². The van der Waals surface area contributed by atoms with Crippen LogP contribution in [0.5, 0.6) is 0 Å². The fraction of sp³-hybridized carbons (Fsp3) is 0.727. The monoisotopic (exact) mass is 196 g/mol. The van der Waals surface area contributed by atoms with Gasteiger partial charge in [-0.05, 0) is 13.3 Å². The van der Waals surface area contributed by atoms with E-state index in [4.69, 9.17) is 12.2 Å². The molecule has 2 N–H and O–H groups in total. The second kappa shape index (κ2) is 7.40. The van der Waals surface area contributed by atoms with Crippen LogP contribution in [0.2, 0.25) is 0 Å². The molecular formula is C11H20N2O. The Morgan fingerprint density at radius 1 is 1.57 bits per heavy atom. The first-order valence-corrected chi connectivity index (χ1v) is 5.13. The van der Waals surface area contributed by atoms with E-state index in [1.54, 1.807) is 4.90 Å². The number of carbonyl (C=O) groups is 1. The molecule has 0 rings (SSSR count). The molecule has 0 aromatic rings. The third kappa shape index (κ3) is 3.80. The first-order valence-electron chi connectivity index (χ1n) is 5.13. The molecule has 0 bridgehead atoms. The molecule has 0 aromatic heterocycles. The summed E-state index contributed by atoms with van der Waals surface area (Å²) in [5.74, 6) is 2.52. The molecule has 3 nitrogen and oxygen atoms in total. The van der Waals surface area contributed by atoms with Gasteiger partial charge in [0.05, 0.1) is 12.5 Å². The molecule has 0 heterocycles. The number of carbonyl (C=O) groups excluding carboxylic acids is 1. The molecule has 1 atom stereocenters. The molecule has 14 heavy (non-hydrogen) atoms. The second-order valence-electron chi connectivity index (χ2n) is 3.28. The van der Waals surface area contributed by atoms with Gasteiger partial charge in [-0.3, -0.25) is 4.79 Å². The summed E-state index contributed by atoms with van der Waals surface area (Å²) in [6.07, 6.45) is 7.00. The van der Waals surface area contributed by atoms with Crippen molar-refractivity contribution in [1.29, 1.82) is 0 Å². The van der Waals surface area contributed by atoms with Crippen LogP contribution in [0, 0.1) is 18.3 Å². The summed E-state index contributed by atoms with van der Waals surface area (Å²) in [5, 5.41) is 0. The number of hydrogen-bond acceptors (Lipinski definition) is 2. The number of nitrogens with zero attached hydrogens (tertiary/aromatic N) is 1. The minimum Gasteiger partial charge on any atom is -0.332 e. The lowest BCUT2D eigenvalue weighted by Crippen LogP contribution is -2.39. The van der Waals surface area contributed by atoms with E-state index in [0.29, 0.717) is 19.6 Å². The van der Waals surface area contributed by atoms with E-state index in [1.165, 1.54) is 0 Å². The van der Waals surface area contributed by atoms with E-state index >= 15 is 0 Å². The van der Waals surface area contributed by atoms with Crippen LogP contribution in [0.4, 0.5) is 0 Å². The van der Waals surface area contributed by atoms with Crippen molar-refractivity contribution >= 4 is 5.91 Å². The molecule has 1 amide bonds. The molecular weight excluding hydrogens is 176 g/mol. The molecule has 3 heteroatoms. The minimum atomic E-state index is -0.0618. The lowest BCUT2D eigenvalue weighted by atomic mass is 10.0. The van der Waals surface area contributed by atoms with Crippen LogP contribution in [0.3, 0.4) is 0 Å². The molecule has 0 spiro atoms. The van der Waals surface area contributed by atoms with Crippen molar-refractivity contribution in [2.75, 3.05) is 19.6 Å². The van der Waals surface area contributed by atoms with Gasteiger partial charge in [0.15, 0.2) is 0 Å². The van der Waals surface area contributed by atoms with Gasteiger partial charge in [-0.25, -0.2) is 0 Å². The van der Waals surface area contributed by atoms with Crippen LogP contribution in [-0.4, -0.2) is 30.4 Å². The lowest BCUT2D eigenvalue weighted by Gasteiger charge is -2.23. The predicted octanol–water partition coefficient (Wildman–Crippen LogP) is 0.843. The number of hydrogen-bond donors (Lipinski definition) is 1. The van der Waals surface area contributed by atoms with E-state index in [1.807, 2.05) is 13.8 Å². The van der Waals surface area contributed by atoms with Crippen LogP contribution < -0.4 is 5.73 Å². The highest BCUT2D eigenvalue weighted by molar-refractivity contribution is 5.79. The normalized spacial score (nSPS) is 11.9. The largest absolute Gasteiger partial charge is 0.332 e. The maximum absolute atomic E-state index is 11.8. The molecule has 0 saturated carbocycles. The highest BCUT2D eigenvalue weighted by atomic mass is 16.2. The minimum absolute atomic E-state index is 0.0618. The average Bonchev–Trinajstić information content (AvgIpc) is 2.21. The van der Waals surface area contributed by atoms with Gasteiger partial charge in [0.25, 0.3) is 0 Å². The third-order valence-electron chi connectivity index (χ3n) is 2.25. The molecule has 0 radical (unpaired) electrons. The molecule has 0 saturated heterocycles. The Bertz CT molecular complexity index is 208. The van der Waals surface area contributed by atoms with Gasteiger partial charge in [-0.1, -0.05) is 19.3 Å². The fourth-order valence-electron chi connectivity index (χ4n) is 1.40. The molecule has 0 aromatic carbocycles. The van der Waals surface area contributed by atoms with E-state index in [9.17, 15) is 4.79 Å². The second-order valence-corrected chi connectivity index (χ2v) is 3.28. The van der Waals surface area contributed by atoms with Gasteiger partial charge in [0.1, 0.15) is 0 Å². The summed E-state index contributed by atoms with van der Waals surface area (Å²) in [6.45, 7) is 5.43. The zero-order valence-electron chi connectivity index (χ0n) is 9.12. The Kier molecular flexibility index (Phi) is 6.87. The summed E-state index contributed by atoms with van der Waals surface area (Å²) in [7, 11) is 0. The first kappa shape index (κ1) is 13.0. The lowest BCUT2D eigenvalue weighted by molar-refractivity contribution is -0.134. The van der Waals surface area contributed by atoms with Crippen LogP contribution in [-0.2, 0) is 4.79 Å². The molecule has 0 aliphatic rings. The molecule has 0 aliphatic heterocycles. The smallest absolute Gasteiger partial charge is 0.227 e. The summed E-state index contributed by atoms with van der Waals surface area (Å²) in [4.78, 5) is 13.5. The third-order valence-corrected chi connectivity index (χ3v) is 2.25. The summed E-state index contributed by atoms with van der Waals surface area (Å²) in [6, 6.07) is 0. The molecule has 0 fully saturated rings. The molecule has 1 unspecified atom stereocenters. The average molecular weight is 196 g/mol. The van der Waals surface area contributed by atoms with Gasteiger partial charge >= 0.3 is 0 Å². The standard InChI is InChI=1S/C11H20N2O/c1-4-7-10(9-12)11(14)13(6-3)8-5-2/h2,10H,4,6-9,12H2,1,3H3. The van der Waals surface area contributed by atoms with Crippen molar-refractivity contribution < 1.29 is 4.79 Å². The number of nitrogens with two attached hydrogens (primary N) is 1. The van der Waals surface area contributed by atoms with E-state index in [2.05, 4.69) is 5.92 Å². The Labute approximate surface area is 86.6 Å². The summed E-state index contributed by atoms with van der Waals surface area (Å²) in [5.41, 5.74) is 5.55. The molecule has 80 valence electrons. The van der Waals surface area contributed by atoms with Crippen molar-refractivity contribution in [3.05, 3.63) is 0 Å². The topological polar surface area (TPSA) is 46.3 Å². The fourth-order valence-corrected chi connectivity index (χ4v) is 1.40. The maximum Gasteiger partial charge on any atom is 0.227 e. The SMILES string of the molecule is C#CCN(CC)C(=O)C(CN)CCC. The van der Waals surface area contributed by atoms with Crippen molar-refractivity contribution in [2.24, 2.45) is 11.7 Å². The molecule has 0 aliphatic carbocycles. The van der Waals surface area contributed by atoms with Crippen molar-refractivity contribution in [1.82, 2.24) is 4.90 Å². The van der Waals surface area contributed by atoms with E-state index in [-0.39, 0.29) is 11.8 Å². The van der Waals surface area contributed by atoms with E-state index in [0.717, 1.165) is 12.8 Å². The number of terminal acetylenes is 1. The number of rotatable bonds is 6. The van der Waals surface area contributed by atoms with Gasteiger partial charge in [0.2, 0.25) is 5.91 Å². The van der Waals surface area contributed by atoms with Gasteiger partial charge in [0, 0.05) is 13.1 Å². The first-order chi connectivity index (χ1) is 6.71. The van der Waals surface area contributed by atoms with Crippen LogP contribution in [0.1, 0.15) is 26.7 Å². The Hall–Kier alpha value is -1.01. The van der Waals surface area contributed by atoms with Crippen molar-refractivity contribution in [3.63, 3.8) is 0 Å². The highest BCUT2D eigenvalue weighted by Gasteiger charge is 2.20. The predicted molar refractivity (Wildman–Crippen MR) is 58.5 cm³/mol. The Morgan fingerprint density at radius 2 is 2.21 bits per heavy atom. The summed E-state index contributed by atoms with van der Waals surface area (Å²) >= 11 is 0. The van der Waals surface area contributed by atoms with Gasteiger partial charge < -0.3 is 10.6 Å². The van der Waals surface area contributed by atoms with E-state index < -0.39 is 0 Å². The van der Waals surface area contributed by atoms with Gasteiger partial charge in [-0.15, -0.1) is 6.42 Å². The van der Waals surface area contributed by atoms with Crippen LogP contribution in [0.25, 0.3) is 0 Å². The summed E-state index contributed by atoms with van der Waals surface area (Å²) < 4.78 is 0. The number of amides is 1. The van der Waals surface area contributed by atoms with Crippen molar-refractivity contribution in [2.45, 2.75) is 26.7 Å². The quantitative estimate of drug-likeness (QED) is 0.640. The van der Waals surface area contributed by atoms with Crippen LogP contribution >= 0.6 is 0 Å². The van der Waals surface area contributed by atoms with Gasteiger partial charge in [-0.2, -0.15) is 0 Å². The van der Waals surface area contributed by atoms with Crippen molar-refractivity contribution in [3.8, 4) is 12.3 Å². The maximum atomic E-state index is 11.8. The zero-order chi connectivity index (χ0) is 11.0. The Balaban J connectivity index is 4.30.